The molecule has 96 valence electrons. The van der Waals surface area contributed by atoms with E-state index in [1.807, 2.05) is 0 Å². The summed E-state index contributed by atoms with van der Waals surface area (Å²) < 4.78 is 37.2. The summed E-state index contributed by atoms with van der Waals surface area (Å²) in [5.74, 6) is -2.65. The van der Waals surface area contributed by atoms with Crippen LogP contribution in [0.3, 0.4) is 0 Å². The Kier molecular flexibility index (Phi) is 4.99. The van der Waals surface area contributed by atoms with E-state index in [1.165, 1.54) is 12.1 Å². The maximum absolute atomic E-state index is 13.2. The van der Waals surface area contributed by atoms with E-state index in [9.17, 15) is 8.78 Å². The second-order valence-corrected chi connectivity index (χ2v) is 3.48. The van der Waals surface area contributed by atoms with Gasteiger partial charge in [0, 0.05) is 24.8 Å². The number of ether oxygens (including phenoxy) is 2. The Morgan fingerprint density at radius 3 is 1.88 bits per heavy atom. The predicted molar refractivity (Wildman–Crippen MR) is 60.3 cm³/mol. The van der Waals surface area contributed by atoms with Crippen molar-refractivity contribution < 1.29 is 18.3 Å². The van der Waals surface area contributed by atoms with Gasteiger partial charge in [-0.1, -0.05) is 0 Å². The van der Waals surface area contributed by atoms with E-state index in [0.29, 0.717) is 13.2 Å². The summed E-state index contributed by atoms with van der Waals surface area (Å²) in [6.07, 6.45) is 0. The molecule has 0 radical (unpaired) electrons. The summed E-state index contributed by atoms with van der Waals surface area (Å²) in [5.41, 5.74) is 5.87. The highest BCUT2D eigenvalue weighted by Crippen LogP contribution is 2.27. The van der Waals surface area contributed by atoms with E-state index in [0.717, 1.165) is 6.07 Å². The molecular formula is C12H17F2NO2. The van der Waals surface area contributed by atoms with Crippen LogP contribution >= 0.6 is 0 Å². The standard InChI is InChI=1S/C12H17F2NO2/c1-3-16-12(8-15,17-4-2)9-5-10(13)7-11(14)6-9/h5-7H,3-4,8,15H2,1-2H3. The largest absolute Gasteiger partial charge is 0.345 e. The van der Waals surface area contributed by atoms with Crippen LogP contribution in [-0.2, 0) is 15.3 Å². The smallest absolute Gasteiger partial charge is 0.207 e. The summed E-state index contributed by atoms with van der Waals surface area (Å²) in [6.45, 7) is 4.17. The van der Waals surface area contributed by atoms with Crippen LogP contribution in [0.15, 0.2) is 18.2 Å². The second-order valence-electron chi connectivity index (χ2n) is 3.48. The van der Waals surface area contributed by atoms with E-state index in [2.05, 4.69) is 0 Å². The molecule has 0 aliphatic heterocycles. The molecule has 0 unspecified atom stereocenters. The molecule has 0 fully saturated rings. The van der Waals surface area contributed by atoms with Crippen molar-refractivity contribution in [1.29, 1.82) is 0 Å². The third kappa shape index (κ3) is 3.21. The van der Waals surface area contributed by atoms with Crippen LogP contribution in [0.25, 0.3) is 0 Å². The Hall–Kier alpha value is -1.04. The average Bonchev–Trinajstić information content (AvgIpc) is 2.27. The van der Waals surface area contributed by atoms with Gasteiger partial charge in [0.25, 0.3) is 0 Å². The summed E-state index contributed by atoms with van der Waals surface area (Å²) in [6, 6.07) is 3.13. The molecule has 0 saturated heterocycles. The van der Waals surface area contributed by atoms with Crippen molar-refractivity contribution in [3.8, 4) is 0 Å². The fourth-order valence-corrected chi connectivity index (χ4v) is 1.68. The molecule has 3 nitrogen and oxygen atoms in total. The van der Waals surface area contributed by atoms with Gasteiger partial charge in [-0.2, -0.15) is 0 Å². The van der Waals surface area contributed by atoms with Gasteiger partial charge in [0.1, 0.15) is 11.6 Å². The summed E-state index contributed by atoms with van der Waals surface area (Å²) in [5, 5.41) is 0. The quantitative estimate of drug-likeness (QED) is 0.781. The highest BCUT2D eigenvalue weighted by atomic mass is 19.1. The third-order valence-corrected chi connectivity index (χ3v) is 2.33. The monoisotopic (exact) mass is 245 g/mol. The predicted octanol–water partition coefficient (Wildman–Crippen LogP) is 2.15. The molecule has 5 heteroatoms. The Morgan fingerprint density at radius 1 is 1.06 bits per heavy atom. The minimum Gasteiger partial charge on any atom is -0.345 e. The Morgan fingerprint density at radius 2 is 1.53 bits per heavy atom. The Bertz CT molecular complexity index is 345. The highest BCUT2D eigenvalue weighted by molar-refractivity contribution is 5.23. The molecule has 0 aromatic heterocycles. The lowest BCUT2D eigenvalue weighted by Crippen LogP contribution is -2.41. The molecule has 0 atom stereocenters. The van der Waals surface area contributed by atoms with Crippen molar-refractivity contribution >= 4 is 0 Å². The van der Waals surface area contributed by atoms with Crippen molar-refractivity contribution in [3.63, 3.8) is 0 Å². The first-order valence-electron chi connectivity index (χ1n) is 5.52. The molecule has 0 heterocycles. The molecule has 17 heavy (non-hydrogen) atoms. The average molecular weight is 245 g/mol. The van der Waals surface area contributed by atoms with Crippen LogP contribution in [0.1, 0.15) is 19.4 Å². The Labute approximate surface area is 99.5 Å². The zero-order valence-electron chi connectivity index (χ0n) is 10.0. The SMILES string of the molecule is CCOC(CN)(OCC)c1cc(F)cc(F)c1. The first-order valence-corrected chi connectivity index (χ1v) is 5.52. The van der Waals surface area contributed by atoms with E-state index in [4.69, 9.17) is 15.2 Å². The summed E-state index contributed by atoms with van der Waals surface area (Å²) >= 11 is 0. The fourth-order valence-electron chi connectivity index (χ4n) is 1.68. The maximum atomic E-state index is 13.2. The highest BCUT2D eigenvalue weighted by Gasteiger charge is 2.33. The zero-order chi connectivity index (χ0) is 12.9. The lowest BCUT2D eigenvalue weighted by atomic mass is 10.1. The van der Waals surface area contributed by atoms with Crippen molar-refractivity contribution in [1.82, 2.24) is 0 Å². The fraction of sp³-hybridized carbons (Fsp3) is 0.500. The normalized spacial score (nSPS) is 11.8. The zero-order valence-corrected chi connectivity index (χ0v) is 10.0. The minimum absolute atomic E-state index is 0.0163. The van der Waals surface area contributed by atoms with Crippen LogP contribution < -0.4 is 5.73 Å². The van der Waals surface area contributed by atoms with E-state index in [-0.39, 0.29) is 12.1 Å². The van der Waals surface area contributed by atoms with E-state index >= 15 is 0 Å². The molecule has 0 spiro atoms. The minimum atomic E-state index is -1.29. The number of hydrogen-bond acceptors (Lipinski definition) is 3. The number of rotatable bonds is 6. The van der Waals surface area contributed by atoms with Gasteiger partial charge in [-0.15, -0.1) is 0 Å². The van der Waals surface area contributed by atoms with Gasteiger partial charge < -0.3 is 15.2 Å². The van der Waals surface area contributed by atoms with Crippen LogP contribution in [0.5, 0.6) is 0 Å². The second kappa shape index (κ2) is 6.05. The number of nitrogens with two attached hydrogens (primary N) is 1. The van der Waals surface area contributed by atoms with Crippen molar-refractivity contribution in [2.45, 2.75) is 19.6 Å². The molecule has 0 amide bonds. The molecule has 1 aromatic carbocycles. The molecule has 1 rings (SSSR count). The number of halogens is 2. The van der Waals surface area contributed by atoms with Crippen LogP contribution in [0.4, 0.5) is 8.78 Å². The molecule has 0 aliphatic rings. The Balaban J connectivity index is 3.18. The molecule has 2 N–H and O–H groups in total. The summed E-state index contributed by atoms with van der Waals surface area (Å²) in [4.78, 5) is 0. The van der Waals surface area contributed by atoms with Crippen LogP contribution in [-0.4, -0.2) is 19.8 Å². The number of hydrogen-bond donors (Lipinski definition) is 1. The molecule has 0 saturated carbocycles. The van der Waals surface area contributed by atoms with Gasteiger partial charge in [0.2, 0.25) is 5.79 Å². The van der Waals surface area contributed by atoms with Gasteiger partial charge in [-0.25, -0.2) is 8.78 Å². The number of benzene rings is 1. The van der Waals surface area contributed by atoms with Gasteiger partial charge >= 0.3 is 0 Å². The van der Waals surface area contributed by atoms with Gasteiger partial charge in [-0.05, 0) is 26.0 Å². The van der Waals surface area contributed by atoms with Crippen LogP contribution in [0, 0.1) is 11.6 Å². The van der Waals surface area contributed by atoms with Crippen molar-refractivity contribution in [2.75, 3.05) is 19.8 Å². The van der Waals surface area contributed by atoms with E-state index in [1.54, 1.807) is 13.8 Å². The topological polar surface area (TPSA) is 44.5 Å². The molecular weight excluding hydrogens is 228 g/mol. The summed E-state index contributed by atoms with van der Waals surface area (Å²) in [7, 11) is 0. The first-order chi connectivity index (χ1) is 8.07. The molecule has 1 aromatic rings. The molecule has 0 aliphatic carbocycles. The first kappa shape index (κ1) is 14.0. The van der Waals surface area contributed by atoms with Gasteiger partial charge in [0.15, 0.2) is 0 Å². The van der Waals surface area contributed by atoms with Gasteiger partial charge in [0.05, 0.1) is 6.54 Å². The third-order valence-electron chi connectivity index (χ3n) is 2.33. The van der Waals surface area contributed by atoms with Crippen molar-refractivity contribution in [3.05, 3.63) is 35.4 Å². The van der Waals surface area contributed by atoms with Crippen molar-refractivity contribution in [2.24, 2.45) is 5.73 Å². The van der Waals surface area contributed by atoms with E-state index < -0.39 is 17.4 Å². The molecule has 0 bridgehead atoms. The maximum Gasteiger partial charge on any atom is 0.207 e. The van der Waals surface area contributed by atoms with Gasteiger partial charge in [-0.3, -0.25) is 0 Å². The lowest BCUT2D eigenvalue weighted by Gasteiger charge is -2.32. The lowest BCUT2D eigenvalue weighted by molar-refractivity contribution is -0.235. The van der Waals surface area contributed by atoms with Crippen LogP contribution in [0.2, 0.25) is 0 Å².